The Morgan fingerprint density at radius 2 is 1.88 bits per heavy atom. The second-order valence-corrected chi connectivity index (χ2v) is 7.28. The van der Waals surface area contributed by atoms with Crippen molar-refractivity contribution in [3.05, 3.63) is 47.2 Å². The van der Waals surface area contributed by atoms with Gasteiger partial charge in [0.1, 0.15) is 5.70 Å². The van der Waals surface area contributed by atoms with Gasteiger partial charge in [0.15, 0.2) is 0 Å². The summed E-state index contributed by atoms with van der Waals surface area (Å²) >= 11 is 0. The molecule has 0 aliphatic carbocycles. The average Bonchev–Trinajstić information content (AvgIpc) is 2.65. The molecule has 0 N–H and O–H groups in total. The van der Waals surface area contributed by atoms with Crippen molar-refractivity contribution in [3.63, 3.8) is 0 Å². The lowest BCUT2D eigenvalue weighted by Crippen LogP contribution is -2.38. The van der Waals surface area contributed by atoms with Gasteiger partial charge in [0.25, 0.3) is 5.91 Å². The zero-order chi connectivity index (χ0) is 18.4. The Bertz CT molecular complexity index is 634. The van der Waals surface area contributed by atoms with Crippen LogP contribution in [0.15, 0.2) is 41.0 Å². The zero-order valence-corrected chi connectivity index (χ0v) is 16.4. The van der Waals surface area contributed by atoms with Crippen LogP contribution in [0, 0.1) is 5.92 Å². The van der Waals surface area contributed by atoms with Gasteiger partial charge in [-0.3, -0.25) is 4.79 Å². The number of hydrogen-bond donors (Lipinski definition) is 0. The van der Waals surface area contributed by atoms with E-state index in [1.165, 1.54) is 5.56 Å². The van der Waals surface area contributed by atoms with E-state index in [9.17, 15) is 4.79 Å². The van der Waals surface area contributed by atoms with Gasteiger partial charge in [0, 0.05) is 18.8 Å². The van der Waals surface area contributed by atoms with Crippen molar-refractivity contribution in [2.45, 2.75) is 59.8 Å². The Morgan fingerprint density at radius 1 is 1.28 bits per heavy atom. The number of allylic oxidation sites excluding steroid dienone is 1. The largest absolute Gasteiger partial charge is 0.337 e. The number of rotatable bonds is 5. The Kier molecular flexibility index (Phi) is 6.98. The van der Waals surface area contributed by atoms with E-state index < -0.39 is 0 Å². The molecule has 0 radical (unpaired) electrons. The molecule has 1 heterocycles. The number of likely N-dealkylation sites (tertiary alicyclic amines) is 1. The standard InChI is InChI=1S/C22H32N2O/c1-6-17(4)19-8-10-20(11-9-19)18(5)23-21(7-2)22(25)24-14-12-16(3)13-15-24/h7-11,16-17H,6,12-15H2,1-5H3/b21-7-,23-18?. The number of piperidine rings is 1. The lowest BCUT2D eigenvalue weighted by Gasteiger charge is -2.30. The molecule has 1 aromatic rings. The van der Waals surface area contributed by atoms with Crippen molar-refractivity contribution in [1.82, 2.24) is 4.90 Å². The van der Waals surface area contributed by atoms with Gasteiger partial charge in [-0.15, -0.1) is 0 Å². The first-order chi connectivity index (χ1) is 12.0. The van der Waals surface area contributed by atoms with Crippen molar-refractivity contribution in [2.75, 3.05) is 13.1 Å². The third-order valence-electron chi connectivity index (χ3n) is 5.36. The summed E-state index contributed by atoms with van der Waals surface area (Å²) in [6.07, 6.45) is 5.14. The molecule has 0 bridgehead atoms. The Balaban J connectivity index is 2.11. The number of carbonyl (C=O) groups excluding carboxylic acids is 1. The molecule has 1 aliphatic rings. The van der Waals surface area contributed by atoms with Crippen LogP contribution in [0.25, 0.3) is 0 Å². The lowest BCUT2D eigenvalue weighted by molar-refractivity contribution is -0.128. The first kappa shape index (κ1) is 19.4. The minimum Gasteiger partial charge on any atom is -0.337 e. The number of aliphatic imine (C=N–C) groups is 1. The number of nitrogens with zero attached hydrogens (tertiary/aromatic N) is 2. The summed E-state index contributed by atoms with van der Waals surface area (Å²) in [6, 6.07) is 8.57. The van der Waals surface area contributed by atoms with Crippen LogP contribution < -0.4 is 0 Å². The van der Waals surface area contributed by atoms with Gasteiger partial charge in [-0.2, -0.15) is 0 Å². The predicted octanol–water partition coefficient (Wildman–Crippen LogP) is 5.17. The van der Waals surface area contributed by atoms with Gasteiger partial charge >= 0.3 is 0 Å². The Morgan fingerprint density at radius 3 is 2.40 bits per heavy atom. The monoisotopic (exact) mass is 340 g/mol. The van der Waals surface area contributed by atoms with Gasteiger partial charge in [0.05, 0.1) is 0 Å². The molecule has 1 aromatic carbocycles. The van der Waals surface area contributed by atoms with Crippen LogP contribution in [0.1, 0.15) is 70.9 Å². The van der Waals surface area contributed by atoms with Crippen molar-refractivity contribution in [1.29, 1.82) is 0 Å². The summed E-state index contributed by atoms with van der Waals surface area (Å²) in [6.45, 7) is 12.3. The van der Waals surface area contributed by atoms with Crippen molar-refractivity contribution < 1.29 is 4.79 Å². The van der Waals surface area contributed by atoms with Crippen molar-refractivity contribution in [2.24, 2.45) is 10.9 Å². The summed E-state index contributed by atoms with van der Waals surface area (Å²) in [7, 11) is 0. The summed E-state index contributed by atoms with van der Waals surface area (Å²) in [4.78, 5) is 19.3. The molecule has 2 rings (SSSR count). The van der Waals surface area contributed by atoms with E-state index in [2.05, 4.69) is 50.0 Å². The predicted molar refractivity (Wildman–Crippen MR) is 106 cm³/mol. The van der Waals surface area contributed by atoms with E-state index in [4.69, 9.17) is 0 Å². The molecule has 1 amide bonds. The van der Waals surface area contributed by atoms with Crippen LogP contribution in [-0.4, -0.2) is 29.6 Å². The molecule has 0 aromatic heterocycles. The number of hydrogen-bond acceptors (Lipinski definition) is 2. The SMILES string of the molecule is C/C=C(\N=C(C)c1ccc(C(C)CC)cc1)C(=O)N1CCC(C)CC1. The smallest absolute Gasteiger partial charge is 0.272 e. The van der Waals surface area contributed by atoms with Gasteiger partial charge in [-0.25, -0.2) is 4.99 Å². The summed E-state index contributed by atoms with van der Waals surface area (Å²) < 4.78 is 0. The van der Waals surface area contributed by atoms with Crippen LogP contribution in [0.4, 0.5) is 0 Å². The molecule has 0 saturated carbocycles. The van der Waals surface area contributed by atoms with Crippen LogP contribution >= 0.6 is 0 Å². The molecule has 1 atom stereocenters. The van der Waals surface area contributed by atoms with E-state index in [1.807, 2.05) is 24.8 Å². The molecular weight excluding hydrogens is 308 g/mol. The molecule has 25 heavy (non-hydrogen) atoms. The van der Waals surface area contributed by atoms with Gasteiger partial charge < -0.3 is 4.90 Å². The Labute approximate surface area is 152 Å². The minimum absolute atomic E-state index is 0.0602. The first-order valence-corrected chi connectivity index (χ1v) is 9.57. The van der Waals surface area contributed by atoms with Crippen molar-refractivity contribution in [3.8, 4) is 0 Å². The van der Waals surface area contributed by atoms with Crippen LogP contribution in [0.2, 0.25) is 0 Å². The van der Waals surface area contributed by atoms with E-state index in [1.54, 1.807) is 0 Å². The quantitative estimate of drug-likeness (QED) is 0.537. The first-order valence-electron chi connectivity index (χ1n) is 9.57. The third-order valence-corrected chi connectivity index (χ3v) is 5.36. The second kappa shape index (κ2) is 8.98. The van der Waals surface area contributed by atoms with Crippen LogP contribution in [0.3, 0.4) is 0 Å². The third kappa shape index (κ3) is 5.04. The molecule has 1 fully saturated rings. The highest BCUT2D eigenvalue weighted by Gasteiger charge is 2.22. The maximum atomic E-state index is 12.7. The highest BCUT2D eigenvalue weighted by atomic mass is 16.2. The Hall–Kier alpha value is -1.90. The highest BCUT2D eigenvalue weighted by Crippen LogP contribution is 2.20. The summed E-state index contributed by atoms with van der Waals surface area (Å²) in [5, 5.41) is 0. The second-order valence-electron chi connectivity index (χ2n) is 7.28. The number of benzene rings is 1. The molecule has 1 saturated heterocycles. The fraction of sp³-hybridized carbons (Fsp3) is 0.545. The molecule has 0 spiro atoms. The number of carbonyl (C=O) groups is 1. The van der Waals surface area contributed by atoms with E-state index >= 15 is 0 Å². The van der Waals surface area contributed by atoms with Gasteiger partial charge in [-0.1, -0.05) is 51.1 Å². The van der Waals surface area contributed by atoms with Crippen LogP contribution in [0.5, 0.6) is 0 Å². The molecule has 136 valence electrons. The number of amides is 1. The van der Waals surface area contributed by atoms with E-state index in [-0.39, 0.29) is 5.91 Å². The fourth-order valence-electron chi connectivity index (χ4n) is 3.14. The van der Waals surface area contributed by atoms with E-state index in [0.29, 0.717) is 17.5 Å². The summed E-state index contributed by atoms with van der Waals surface area (Å²) in [5.74, 6) is 1.35. The van der Waals surface area contributed by atoms with E-state index in [0.717, 1.165) is 43.6 Å². The molecule has 3 nitrogen and oxygen atoms in total. The average molecular weight is 341 g/mol. The fourth-order valence-corrected chi connectivity index (χ4v) is 3.14. The highest BCUT2D eigenvalue weighted by molar-refractivity contribution is 6.03. The molecule has 3 heteroatoms. The maximum Gasteiger partial charge on any atom is 0.272 e. The zero-order valence-electron chi connectivity index (χ0n) is 16.4. The van der Waals surface area contributed by atoms with Crippen molar-refractivity contribution >= 4 is 11.6 Å². The minimum atomic E-state index is 0.0602. The normalized spacial score (nSPS) is 18.4. The van der Waals surface area contributed by atoms with Gasteiger partial charge in [0.2, 0.25) is 0 Å². The molecule has 1 unspecified atom stereocenters. The maximum absolute atomic E-state index is 12.7. The topological polar surface area (TPSA) is 32.7 Å². The summed E-state index contributed by atoms with van der Waals surface area (Å²) in [5.41, 5.74) is 3.87. The molecule has 1 aliphatic heterocycles. The van der Waals surface area contributed by atoms with Crippen LogP contribution in [-0.2, 0) is 4.79 Å². The molecular formula is C22H32N2O. The lowest BCUT2D eigenvalue weighted by atomic mass is 9.97. The van der Waals surface area contributed by atoms with Gasteiger partial charge in [-0.05, 0) is 56.1 Å².